The number of aliphatic imine (C=N–C) groups is 1. The lowest BCUT2D eigenvalue weighted by Gasteiger charge is -2.35. The van der Waals surface area contributed by atoms with Gasteiger partial charge in [0.2, 0.25) is 12.3 Å². The van der Waals surface area contributed by atoms with Crippen LogP contribution < -0.4 is 0 Å². The van der Waals surface area contributed by atoms with Crippen LogP contribution >= 0.6 is 11.3 Å². The molecule has 0 radical (unpaired) electrons. The molecule has 1 aromatic heterocycles. The largest absolute Gasteiger partial charge is 0.465 e. The number of nitrogens with zero attached hydrogens (tertiary/aromatic N) is 1. The molecule has 1 aliphatic heterocycles. The quantitative estimate of drug-likeness (QED) is 0.802. The zero-order chi connectivity index (χ0) is 14.2. The van der Waals surface area contributed by atoms with Gasteiger partial charge in [-0.1, -0.05) is 24.3 Å². The van der Waals surface area contributed by atoms with Gasteiger partial charge in [0.15, 0.2) is 0 Å². The van der Waals surface area contributed by atoms with Crippen LogP contribution in [0.2, 0.25) is 0 Å². The van der Waals surface area contributed by atoms with E-state index >= 15 is 0 Å². The van der Waals surface area contributed by atoms with Gasteiger partial charge in [-0.25, -0.2) is 13.8 Å². The molecule has 0 spiro atoms. The molecule has 2 heterocycles. The van der Waals surface area contributed by atoms with Gasteiger partial charge in [0.05, 0.1) is 17.0 Å². The summed E-state index contributed by atoms with van der Waals surface area (Å²) in [5.41, 5.74) is 0.358. The fourth-order valence-corrected chi connectivity index (χ4v) is 3.02. The molecule has 0 aliphatic carbocycles. The SMILES string of the molecule is CC1(CC(F)F)OC(c2cccs2)=Nc2ccccc21. The standard InChI is InChI=1S/C15H13F2NOS/c1-15(9-13(16)17)10-5-2-3-6-11(10)18-14(19-15)12-7-4-8-20-12/h2-8,13H,9H2,1H3. The van der Waals surface area contributed by atoms with E-state index in [1.807, 2.05) is 35.7 Å². The average Bonchev–Trinajstić information content (AvgIpc) is 2.91. The van der Waals surface area contributed by atoms with Crippen molar-refractivity contribution in [3.63, 3.8) is 0 Å². The van der Waals surface area contributed by atoms with Gasteiger partial charge in [-0.05, 0) is 24.4 Å². The summed E-state index contributed by atoms with van der Waals surface area (Å²) < 4.78 is 31.7. The molecule has 0 fully saturated rings. The molecular formula is C15H13F2NOS. The molecule has 1 atom stereocenters. The van der Waals surface area contributed by atoms with Crippen LogP contribution in [0, 0.1) is 0 Å². The van der Waals surface area contributed by atoms with Gasteiger partial charge >= 0.3 is 0 Å². The van der Waals surface area contributed by atoms with Gasteiger partial charge < -0.3 is 4.74 Å². The fraction of sp³-hybridized carbons (Fsp3) is 0.267. The van der Waals surface area contributed by atoms with E-state index in [1.165, 1.54) is 11.3 Å². The van der Waals surface area contributed by atoms with E-state index in [1.54, 1.807) is 13.0 Å². The van der Waals surface area contributed by atoms with E-state index in [4.69, 9.17) is 4.74 Å². The van der Waals surface area contributed by atoms with Crippen LogP contribution in [-0.2, 0) is 10.3 Å². The number of benzene rings is 1. The van der Waals surface area contributed by atoms with Crippen LogP contribution in [-0.4, -0.2) is 12.3 Å². The van der Waals surface area contributed by atoms with Crippen molar-refractivity contribution >= 4 is 22.9 Å². The Balaban J connectivity index is 2.09. The molecule has 1 aliphatic rings. The van der Waals surface area contributed by atoms with E-state index in [9.17, 15) is 8.78 Å². The normalized spacial score (nSPS) is 21.3. The Morgan fingerprint density at radius 3 is 2.75 bits per heavy atom. The Labute approximate surface area is 119 Å². The van der Waals surface area contributed by atoms with Gasteiger partial charge in [-0.3, -0.25) is 0 Å². The highest BCUT2D eigenvalue weighted by atomic mass is 32.1. The fourth-order valence-electron chi connectivity index (χ4n) is 2.37. The highest BCUT2D eigenvalue weighted by molar-refractivity contribution is 7.12. The number of thiophene rings is 1. The lowest BCUT2D eigenvalue weighted by Crippen LogP contribution is -2.34. The van der Waals surface area contributed by atoms with Crippen LogP contribution in [0.25, 0.3) is 0 Å². The van der Waals surface area contributed by atoms with Crippen LogP contribution in [0.4, 0.5) is 14.5 Å². The van der Waals surface area contributed by atoms with Crippen molar-refractivity contribution in [1.29, 1.82) is 0 Å². The third-order valence-electron chi connectivity index (χ3n) is 3.29. The summed E-state index contributed by atoms with van der Waals surface area (Å²) in [6.45, 7) is 1.69. The second kappa shape index (κ2) is 4.98. The Morgan fingerprint density at radius 2 is 2.05 bits per heavy atom. The summed E-state index contributed by atoms with van der Waals surface area (Å²) >= 11 is 1.48. The molecule has 2 nitrogen and oxygen atoms in total. The van der Waals surface area contributed by atoms with E-state index in [-0.39, 0.29) is 6.42 Å². The number of hydrogen-bond donors (Lipinski definition) is 0. The first-order chi connectivity index (χ1) is 9.58. The number of alkyl halides is 2. The molecule has 1 unspecified atom stereocenters. The van der Waals surface area contributed by atoms with Gasteiger partial charge in [-0.2, -0.15) is 0 Å². The van der Waals surface area contributed by atoms with Crippen LogP contribution in [0.15, 0.2) is 46.8 Å². The highest BCUT2D eigenvalue weighted by Gasteiger charge is 2.38. The molecule has 0 saturated carbocycles. The van der Waals surface area contributed by atoms with Crippen molar-refractivity contribution in [3.8, 4) is 0 Å². The van der Waals surface area contributed by atoms with E-state index in [2.05, 4.69) is 4.99 Å². The zero-order valence-corrected chi connectivity index (χ0v) is 11.7. The number of halogens is 2. The molecule has 2 aromatic rings. The van der Waals surface area contributed by atoms with Crippen molar-refractivity contribution in [2.45, 2.75) is 25.4 Å². The van der Waals surface area contributed by atoms with Crippen LogP contribution in [0.1, 0.15) is 23.8 Å². The molecule has 20 heavy (non-hydrogen) atoms. The second-order valence-electron chi connectivity index (χ2n) is 4.84. The molecule has 5 heteroatoms. The minimum absolute atomic E-state index is 0.353. The third-order valence-corrected chi connectivity index (χ3v) is 4.15. The molecule has 0 bridgehead atoms. The van der Waals surface area contributed by atoms with Gasteiger partial charge in [0, 0.05) is 5.56 Å². The predicted molar refractivity (Wildman–Crippen MR) is 76.0 cm³/mol. The maximum atomic E-state index is 12.9. The number of fused-ring (bicyclic) bond motifs is 1. The summed E-state index contributed by atoms with van der Waals surface area (Å²) in [6.07, 6.45) is -2.79. The lowest BCUT2D eigenvalue weighted by atomic mass is 9.90. The maximum Gasteiger partial charge on any atom is 0.242 e. The van der Waals surface area contributed by atoms with Gasteiger partial charge in [0.25, 0.3) is 0 Å². The van der Waals surface area contributed by atoms with Crippen LogP contribution in [0.3, 0.4) is 0 Å². The smallest absolute Gasteiger partial charge is 0.242 e. The van der Waals surface area contributed by atoms with E-state index in [0.717, 1.165) is 4.88 Å². The summed E-state index contributed by atoms with van der Waals surface area (Å²) in [4.78, 5) is 5.30. The summed E-state index contributed by atoms with van der Waals surface area (Å²) in [5.74, 6) is 0.418. The lowest BCUT2D eigenvalue weighted by molar-refractivity contribution is -0.00295. The first-order valence-corrected chi connectivity index (χ1v) is 7.16. The first kappa shape index (κ1) is 13.2. The van der Waals surface area contributed by atoms with Crippen molar-refractivity contribution in [2.75, 3.05) is 0 Å². The van der Waals surface area contributed by atoms with Gasteiger partial charge in [0.1, 0.15) is 5.60 Å². The molecule has 0 N–H and O–H groups in total. The van der Waals surface area contributed by atoms with Crippen molar-refractivity contribution in [2.24, 2.45) is 4.99 Å². The summed E-state index contributed by atoms with van der Waals surface area (Å²) in [6, 6.07) is 11.1. The molecule has 0 saturated heterocycles. The van der Waals surface area contributed by atoms with Gasteiger partial charge in [-0.15, -0.1) is 11.3 Å². The Hall–Kier alpha value is -1.75. The molecule has 1 aromatic carbocycles. The van der Waals surface area contributed by atoms with E-state index < -0.39 is 12.0 Å². The predicted octanol–water partition coefficient (Wildman–Crippen LogP) is 4.73. The Kier molecular flexibility index (Phi) is 3.30. The molecule has 104 valence electrons. The Morgan fingerprint density at radius 1 is 1.25 bits per heavy atom. The number of hydrogen-bond acceptors (Lipinski definition) is 3. The van der Waals surface area contributed by atoms with E-state index in [0.29, 0.717) is 17.1 Å². The Bertz CT molecular complexity index is 639. The number of rotatable bonds is 3. The monoisotopic (exact) mass is 293 g/mol. The number of ether oxygens (including phenoxy) is 1. The minimum atomic E-state index is -2.43. The zero-order valence-electron chi connectivity index (χ0n) is 10.8. The second-order valence-corrected chi connectivity index (χ2v) is 5.79. The average molecular weight is 293 g/mol. The van der Waals surface area contributed by atoms with Crippen molar-refractivity contribution in [3.05, 3.63) is 52.2 Å². The maximum absolute atomic E-state index is 12.9. The minimum Gasteiger partial charge on any atom is -0.465 e. The van der Waals surface area contributed by atoms with Crippen molar-refractivity contribution < 1.29 is 13.5 Å². The highest BCUT2D eigenvalue weighted by Crippen LogP contribution is 2.42. The van der Waals surface area contributed by atoms with Crippen molar-refractivity contribution in [1.82, 2.24) is 0 Å². The summed E-state index contributed by atoms with van der Waals surface area (Å²) in [5, 5.41) is 1.91. The molecular weight excluding hydrogens is 280 g/mol. The summed E-state index contributed by atoms with van der Waals surface area (Å²) in [7, 11) is 0. The topological polar surface area (TPSA) is 21.6 Å². The molecule has 3 rings (SSSR count). The molecule has 0 amide bonds. The third kappa shape index (κ3) is 2.33. The first-order valence-electron chi connectivity index (χ1n) is 6.28. The number of para-hydroxylation sites is 1. The van der Waals surface area contributed by atoms with Crippen LogP contribution in [0.5, 0.6) is 0 Å².